The maximum atomic E-state index is 13.7. The van der Waals surface area contributed by atoms with E-state index in [9.17, 15) is 14.4 Å². The molecule has 3 N–H and O–H groups in total. The fourth-order valence-electron chi connectivity index (χ4n) is 5.31. The van der Waals surface area contributed by atoms with E-state index in [1.165, 1.54) is 0 Å². The maximum Gasteiger partial charge on any atom is 0.255 e. The van der Waals surface area contributed by atoms with Gasteiger partial charge in [0, 0.05) is 42.2 Å². The fraction of sp³-hybridized carbons (Fsp3) is 0.370. The van der Waals surface area contributed by atoms with Gasteiger partial charge in [-0.1, -0.05) is 50.2 Å². The summed E-state index contributed by atoms with van der Waals surface area (Å²) in [5.41, 5.74) is 4.47. The number of benzene rings is 2. The van der Waals surface area contributed by atoms with Crippen molar-refractivity contribution in [1.29, 1.82) is 0 Å². The number of nitrogens with zero attached hydrogens (tertiary/aromatic N) is 1. The van der Waals surface area contributed by atoms with Crippen LogP contribution in [0, 0.1) is 5.92 Å². The molecule has 8 heteroatoms. The van der Waals surface area contributed by atoms with Crippen LogP contribution in [0.25, 0.3) is 10.9 Å². The summed E-state index contributed by atoms with van der Waals surface area (Å²) in [6.45, 7) is 4.52. The lowest BCUT2D eigenvalue weighted by Crippen LogP contribution is -2.58. The Kier molecular flexibility index (Phi) is 6.06. The van der Waals surface area contributed by atoms with Gasteiger partial charge in [-0.3, -0.25) is 14.4 Å². The minimum atomic E-state index is -0.736. The van der Waals surface area contributed by atoms with E-state index in [4.69, 9.17) is 4.74 Å². The number of amides is 3. The average Bonchev–Trinajstić information content (AvgIpc) is 3.37. The molecule has 182 valence electrons. The van der Waals surface area contributed by atoms with Crippen LogP contribution in [0.4, 0.5) is 0 Å². The first kappa shape index (κ1) is 23.1. The number of methoxy groups -OCH3 is 1. The Labute approximate surface area is 204 Å². The van der Waals surface area contributed by atoms with Crippen molar-refractivity contribution in [1.82, 2.24) is 20.5 Å². The lowest BCUT2D eigenvalue weighted by molar-refractivity contribution is -0.133. The van der Waals surface area contributed by atoms with Crippen LogP contribution < -0.4 is 10.6 Å². The summed E-state index contributed by atoms with van der Waals surface area (Å²) >= 11 is 0. The third-order valence-electron chi connectivity index (χ3n) is 7.01. The monoisotopic (exact) mass is 474 g/mol. The van der Waals surface area contributed by atoms with Gasteiger partial charge in [-0.25, -0.2) is 0 Å². The molecule has 2 aliphatic heterocycles. The lowest BCUT2D eigenvalue weighted by Gasteiger charge is -2.38. The molecule has 0 aliphatic carbocycles. The molecule has 0 fully saturated rings. The summed E-state index contributed by atoms with van der Waals surface area (Å²) in [7, 11) is 1.57. The molecule has 0 radical (unpaired) electrons. The van der Waals surface area contributed by atoms with Crippen LogP contribution in [0.2, 0.25) is 0 Å². The molecular weight excluding hydrogens is 444 g/mol. The second-order valence-corrected chi connectivity index (χ2v) is 9.50. The molecule has 0 saturated heterocycles. The Bertz CT molecular complexity index is 1300. The van der Waals surface area contributed by atoms with E-state index in [-0.39, 0.29) is 29.7 Å². The number of para-hydroxylation sites is 1. The van der Waals surface area contributed by atoms with Crippen LogP contribution in [0.1, 0.15) is 47.1 Å². The number of aromatic nitrogens is 1. The average molecular weight is 475 g/mol. The molecule has 3 amide bonds. The van der Waals surface area contributed by atoms with E-state index in [2.05, 4.69) is 15.6 Å². The Balaban J connectivity index is 1.51. The summed E-state index contributed by atoms with van der Waals surface area (Å²) in [6, 6.07) is 13.7. The first-order valence-corrected chi connectivity index (χ1v) is 12.0. The Morgan fingerprint density at radius 1 is 1.14 bits per heavy atom. The van der Waals surface area contributed by atoms with Crippen LogP contribution in [0.5, 0.6) is 0 Å². The zero-order chi connectivity index (χ0) is 24.7. The Morgan fingerprint density at radius 3 is 2.66 bits per heavy atom. The number of aromatic amines is 1. The molecule has 0 unspecified atom stereocenters. The van der Waals surface area contributed by atoms with Crippen molar-refractivity contribution >= 4 is 28.6 Å². The molecule has 1 aromatic heterocycles. The number of nitrogens with one attached hydrogen (secondary N) is 3. The first-order valence-electron chi connectivity index (χ1n) is 12.0. The van der Waals surface area contributed by atoms with Gasteiger partial charge in [-0.15, -0.1) is 0 Å². The molecule has 0 saturated carbocycles. The predicted octanol–water partition coefficient (Wildman–Crippen LogP) is 2.54. The highest BCUT2D eigenvalue weighted by Crippen LogP contribution is 2.46. The van der Waals surface area contributed by atoms with Gasteiger partial charge < -0.3 is 25.3 Å². The third kappa shape index (κ3) is 3.87. The minimum Gasteiger partial charge on any atom is -0.383 e. The quantitative estimate of drug-likeness (QED) is 0.458. The van der Waals surface area contributed by atoms with E-state index in [0.29, 0.717) is 25.1 Å². The smallest absolute Gasteiger partial charge is 0.255 e. The molecular formula is C27H30N4O4. The molecule has 0 bridgehead atoms. The van der Waals surface area contributed by atoms with E-state index in [0.717, 1.165) is 27.7 Å². The van der Waals surface area contributed by atoms with Crippen LogP contribution >= 0.6 is 0 Å². The SMILES string of the molecule is COCCNC(=O)[C@@H](NC(=O)[C@@H]1Cc2c([nH]c3ccccc23)[C@@H]2c3ccccc3C(=O)N21)C(C)C. The summed E-state index contributed by atoms with van der Waals surface area (Å²) in [5, 5.41) is 6.81. The van der Waals surface area contributed by atoms with E-state index < -0.39 is 12.1 Å². The molecule has 8 nitrogen and oxygen atoms in total. The topological polar surface area (TPSA) is 104 Å². The van der Waals surface area contributed by atoms with Crippen LogP contribution in [-0.2, 0) is 20.7 Å². The number of carbonyl (C=O) groups excluding carboxylic acids is 3. The zero-order valence-corrected chi connectivity index (χ0v) is 20.1. The Morgan fingerprint density at radius 2 is 1.89 bits per heavy atom. The normalized spacial score (nSPS) is 19.3. The largest absolute Gasteiger partial charge is 0.383 e. The van der Waals surface area contributed by atoms with Crippen molar-refractivity contribution in [2.24, 2.45) is 5.92 Å². The highest BCUT2D eigenvalue weighted by Gasteiger charge is 2.49. The maximum absolute atomic E-state index is 13.7. The second kappa shape index (κ2) is 9.19. The number of hydrogen-bond donors (Lipinski definition) is 3. The fourth-order valence-corrected chi connectivity index (χ4v) is 5.31. The minimum absolute atomic E-state index is 0.129. The number of ether oxygens (including phenoxy) is 1. The van der Waals surface area contributed by atoms with Crippen molar-refractivity contribution in [3.8, 4) is 0 Å². The van der Waals surface area contributed by atoms with Gasteiger partial charge in [0.15, 0.2) is 0 Å². The van der Waals surface area contributed by atoms with Crippen LogP contribution in [0.15, 0.2) is 48.5 Å². The number of fused-ring (bicyclic) bond motifs is 7. The number of rotatable bonds is 7. The van der Waals surface area contributed by atoms with Crippen LogP contribution in [-0.4, -0.2) is 60.0 Å². The summed E-state index contributed by atoms with van der Waals surface area (Å²) < 4.78 is 5.01. The second-order valence-electron chi connectivity index (χ2n) is 9.50. The van der Waals surface area contributed by atoms with Gasteiger partial charge in [0.25, 0.3) is 5.91 Å². The van der Waals surface area contributed by atoms with E-state index in [1.807, 2.05) is 62.4 Å². The molecule has 2 aromatic carbocycles. The van der Waals surface area contributed by atoms with Crippen molar-refractivity contribution in [3.05, 3.63) is 70.9 Å². The molecule has 3 aromatic rings. The van der Waals surface area contributed by atoms with Gasteiger partial charge in [0.05, 0.1) is 12.6 Å². The number of hydrogen-bond acceptors (Lipinski definition) is 4. The van der Waals surface area contributed by atoms with Crippen molar-refractivity contribution < 1.29 is 19.1 Å². The Hall–Kier alpha value is -3.65. The van der Waals surface area contributed by atoms with Gasteiger partial charge in [0.2, 0.25) is 11.8 Å². The highest BCUT2D eigenvalue weighted by molar-refractivity contribution is 6.04. The summed E-state index contributed by atoms with van der Waals surface area (Å²) in [4.78, 5) is 45.3. The zero-order valence-electron chi connectivity index (χ0n) is 20.1. The number of carbonyl (C=O) groups is 3. The predicted molar refractivity (Wildman–Crippen MR) is 132 cm³/mol. The van der Waals surface area contributed by atoms with Crippen molar-refractivity contribution in [3.63, 3.8) is 0 Å². The molecule has 0 spiro atoms. The molecule has 5 rings (SSSR count). The number of H-pyrrole nitrogens is 1. The van der Waals surface area contributed by atoms with E-state index >= 15 is 0 Å². The summed E-state index contributed by atoms with van der Waals surface area (Å²) in [5.74, 6) is -0.883. The first-order chi connectivity index (χ1) is 16.9. The molecule has 3 heterocycles. The van der Waals surface area contributed by atoms with Gasteiger partial charge in [-0.2, -0.15) is 0 Å². The van der Waals surface area contributed by atoms with Gasteiger partial charge in [0.1, 0.15) is 12.1 Å². The lowest BCUT2D eigenvalue weighted by atomic mass is 9.89. The summed E-state index contributed by atoms with van der Waals surface area (Å²) in [6.07, 6.45) is 0.373. The van der Waals surface area contributed by atoms with Crippen molar-refractivity contribution in [2.75, 3.05) is 20.3 Å². The van der Waals surface area contributed by atoms with Crippen LogP contribution in [0.3, 0.4) is 0 Å². The third-order valence-corrected chi connectivity index (χ3v) is 7.01. The standard InChI is InChI=1S/C27H30N4O4/c1-15(2)22(26(33)28-12-13-35-3)30-25(32)21-14-19-16-8-6-7-11-20(16)29-23(19)24-17-9-4-5-10-18(17)27(34)31(21)24/h4-11,15,21-22,24,29H,12-14H2,1-3H3,(H,28,33)(H,30,32)/t21-,22-,24-/m0/s1. The van der Waals surface area contributed by atoms with E-state index in [1.54, 1.807) is 12.0 Å². The molecule has 3 atom stereocenters. The van der Waals surface area contributed by atoms with Crippen molar-refractivity contribution in [2.45, 2.75) is 38.4 Å². The highest BCUT2D eigenvalue weighted by atomic mass is 16.5. The molecule has 2 aliphatic rings. The molecule has 35 heavy (non-hydrogen) atoms. The van der Waals surface area contributed by atoms with Gasteiger partial charge >= 0.3 is 0 Å². The van der Waals surface area contributed by atoms with Gasteiger partial charge in [-0.05, 0) is 29.2 Å².